The molecule has 0 unspecified atom stereocenters. The van der Waals surface area contributed by atoms with Gasteiger partial charge in [-0.05, 0) is 80.8 Å². The van der Waals surface area contributed by atoms with Crippen molar-refractivity contribution in [2.45, 2.75) is 58.2 Å². The topological polar surface area (TPSA) is 99.4 Å². The lowest BCUT2D eigenvalue weighted by molar-refractivity contribution is -0.137. The number of carbonyl (C=O) groups is 1. The SMILES string of the molecule is Cc1ccc(C[C@H](CON)NC(=O)c2c(Oc3cccc(C(F)(F)F)c3)nnc3c2CCCC3)c(C)c1. The molecule has 1 amide bonds. The Morgan fingerprint density at radius 2 is 1.89 bits per heavy atom. The van der Waals surface area contributed by atoms with Gasteiger partial charge in [-0.2, -0.15) is 18.3 Å². The Morgan fingerprint density at radius 3 is 2.62 bits per heavy atom. The van der Waals surface area contributed by atoms with E-state index in [1.807, 2.05) is 26.0 Å². The number of halogens is 3. The number of fused-ring (bicyclic) bond motifs is 1. The van der Waals surface area contributed by atoms with Gasteiger partial charge in [0.1, 0.15) is 11.3 Å². The number of benzene rings is 2. The van der Waals surface area contributed by atoms with Gasteiger partial charge in [0.2, 0.25) is 0 Å². The van der Waals surface area contributed by atoms with Gasteiger partial charge in [0.25, 0.3) is 11.8 Å². The molecule has 7 nitrogen and oxygen atoms in total. The second-order valence-electron chi connectivity index (χ2n) is 9.28. The number of hydrogen-bond acceptors (Lipinski definition) is 6. The molecule has 0 saturated carbocycles. The first-order chi connectivity index (χ1) is 17.7. The second kappa shape index (κ2) is 11.3. The average molecular weight is 515 g/mol. The molecule has 0 bridgehead atoms. The quantitative estimate of drug-likeness (QED) is 0.410. The number of nitrogens with one attached hydrogen (secondary N) is 1. The molecule has 10 heteroatoms. The van der Waals surface area contributed by atoms with Crippen LogP contribution in [0.25, 0.3) is 0 Å². The summed E-state index contributed by atoms with van der Waals surface area (Å²) in [5.41, 5.74) is 3.92. The molecular formula is C27H29F3N4O3. The van der Waals surface area contributed by atoms with E-state index in [1.54, 1.807) is 0 Å². The summed E-state index contributed by atoms with van der Waals surface area (Å²) in [6, 6.07) is 10.0. The van der Waals surface area contributed by atoms with Crippen molar-refractivity contribution in [1.82, 2.24) is 15.5 Å². The third kappa shape index (κ3) is 6.44. The number of amides is 1. The van der Waals surface area contributed by atoms with E-state index >= 15 is 0 Å². The fourth-order valence-corrected chi connectivity index (χ4v) is 4.57. The zero-order valence-electron chi connectivity index (χ0n) is 20.7. The lowest BCUT2D eigenvalue weighted by Gasteiger charge is -2.23. The molecule has 1 aromatic heterocycles. The minimum absolute atomic E-state index is 0.0591. The van der Waals surface area contributed by atoms with E-state index in [0.717, 1.165) is 41.7 Å². The maximum atomic E-state index is 13.6. The zero-order valence-corrected chi connectivity index (χ0v) is 20.7. The number of aromatic nitrogens is 2. The monoisotopic (exact) mass is 514 g/mol. The Bertz CT molecular complexity index is 1280. The van der Waals surface area contributed by atoms with Crippen molar-refractivity contribution in [3.63, 3.8) is 0 Å². The van der Waals surface area contributed by atoms with Gasteiger partial charge in [-0.15, -0.1) is 5.10 Å². The molecular weight excluding hydrogens is 485 g/mol. The van der Waals surface area contributed by atoms with Crippen molar-refractivity contribution in [1.29, 1.82) is 0 Å². The number of rotatable bonds is 8. The zero-order chi connectivity index (χ0) is 26.6. The lowest BCUT2D eigenvalue weighted by Crippen LogP contribution is -2.41. The van der Waals surface area contributed by atoms with E-state index in [9.17, 15) is 18.0 Å². The van der Waals surface area contributed by atoms with Crippen LogP contribution in [0.15, 0.2) is 42.5 Å². The molecule has 1 atom stereocenters. The van der Waals surface area contributed by atoms with Crippen molar-refractivity contribution >= 4 is 5.91 Å². The van der Waals surface area contributed by atoms with E-state index in [-0.39, 0.29) is 23.8 Å². The van der Waals surface area contributed by atoms with E-state index in [4.69, 9.17) is 15.5 Å². The van der Waals surface area contributed by atoms with Crippen LogP contribution in [0.2, 0.25) is 0 Å². The maximum Gasteiger partial charge on any atom is 0.416 e. The number of carbonyl (C=O) groups excluding carboxylic acids is 1. The molecule has 1 aliphatic rings. The molecule has 1 aliphatic carbocycles. The van der Waals surface area contributed by atoms with Gasteiger partial charge in [-0.3, -0.25) is 4.79 Å². The fourth-order valence-electron chi connectivity index (χ4n) is 4.57. The number of hydrogen-bond donors (Lipinski definition) is 2. The van der Waals surface area contributed by atoms with Crippen molar-refractivity contribution < 1.29 is 27.5 Å². The first kappa shape index (κ1) is 26.6. The number of nitrogens with zero attached hydrogens (tertiary/aromatic N) is 2. The van der Waals surface area contributed by atoms with Crippen molar-refractivity contribution in [2.24, 2.45) is 5.90 Å². The highest BCUT2D eigenvalue weighted by molar-refractivity contribution is 5.98. The molecule has 3 aromatic rings. The lowest BCUT2D eigenvalue weighted by atomic mass is 9.92. The van der Waals surface area contributed by atoms with Gasteiger partial charge in [-0.25, -0.2) is 5.90 Å². The number of nitrogens with two attached hydrogens (primary N) is 1. The summed E-state index contributed by atoms with van der Waals surface area (Å²) in [7, 11) is 0. The van der Waals surface area contributed by atoms with Gasteiger partial charge < -0.3 is 14.9 Å². The molecule has 37 heavy (non-hydrogen) atoms. The Balaban J connectivity index is 1.65. The Morgan fingerprint density at radius 1 is 1.11 bits per heavy atom. The molecule has 0 radical (unpaired) electrons. The largest absolute Gasteiger partial charge is 0.437 e. The summed E-state index contributed by atoms with van der Waals surface area (Å²) in [5.74, 6) is 4.66. The normalized spacial score (nSPS) is 14.1. The Labute approximate surface area is 213 Å². The van der Waals surface area contributed by atoms with Crippen LogP contribution in [0.1, 0.15) is 56.7 Å². The van der Waals surface area contributed by atoms with Crippen LogP contribution in [-0.2, 0) is 30.3 Å². The van der Waals surface area contributed by atoms with Gasteiger partial charge in [0.05, 0.1) is 23.9 Å². The van der Waals surface area contributed by atoms with Gasteiger partial charge >= 0.3 is 6.18 Å². The smallest absolute Gasteiger partial charge is 0.416 e. The highest BCUT2D eigenvalue weighted by Gasteiger charge is 2.31. The van der Waals surface area contributed by atoms with Crippen LogP contribution in [-0.4, -0.2) is 28.8 Å². The summed E-state index contributed by atoms with van der Waals surface area (Å²) in [6.07, 6.45) is -1.07. The molecule has 0 spiro atoms. The van der Waals surface area contributed by atoms with Gasteiger partial charge in [0.15, 0.2) is 0 Å². The molecule has 196 valence electrons. The minimum Gasteiger partial charge on any atom is -0.437 e. The number of alkyl halides is 3. The molecule has 0 aliphatic heterocycles. The van der Waals surface area contributed by atoms with Crippen LogP contribution in [0, 0.1) is 13.8 Å². The summed E-state index contributed by atoms with van der Waals surface area (Å²) in [6.45, 7) is 4.06. The Kier molecular flexibility index (Phi) is 8.09. The average Bonchev–Trinajstić information content (AvgIpc) is 2.85. The van der Waals surface area contributed by atoms with Crippen LogP contribution in [0.5, 0.6) is 11.6 Å². The van der Waals surface area contributed by atoms with E-state index in [0.29, 0.717) is 30.5 Å². The third-order valence-electron chi connectivity index (χ3n) is 6.42. The summed E-state index contributed by atoms with van der Waals surface area (Å²) in [5, 5.41) is 11.3. The first-order valence-corrected chi connectivity index (χ1v) is 12.1. The summed E-state index contributed by atoms with van der Waals surface area (Å²) >= 11 is 0. The molecule has 0 fully saturated rings. The van der Waals surface area contributed by atoms with Crippen molar-refractivity contribution in [3.8, 4) is 11.6 Å². The standard InChI is InChI=1S/C27H29F3N4O3/c1-16-10-11-18(17(2)12-16)13-20(15-36-31)32-25(35)24-22-8-3-4-9-23(22)33-34-26(24)37-21-7-5-6-19(14-21)27(28,29)30/h5-7,10-12,14,20H,3-4,8-9,13,15,31H2,1-2H3,(H,32,35)/t20-/m1/s1. The van der Waals surface area contributed by atoms with E-state index in [2.05, 4.69) is 21.6 Å². The van der Waals surface area contributed by atoms with Crippen LogP contribution in [0.4, 0.5) is 13.2 Å². The van der Waals surface area contributed by atoms with Crippen LogP contribution >= 0.6 is 0 Å². The Hall–Kier alpha value is -3.50. The predicted octanol–water partition coefficient (Wildman–Crippen LogP) is 5.01. The summed E-state index contributed by atoms with van der Waals surface area (Å²) in [4.78, 5) is 18.5. The minimum atomic E-state index is -4.54. The number of aryl methyl sites for hydroxylation is 3. The third-order valence-corrected chi connectivity index (χ3v) is 6.42. The molecule has 3 N–H and O–H groups in total. The highest BCUT2D eigenvalue weighted by atomic mass is 19.4. The van der Waals surface area contributed by atoms with Crippen LogP contribution in [0.3, 0.4) is 0 Å². The molecule has 1 heterocycles. The molecule has 2 aromatic carbocycles. The number of ether oxygens (including phenoxy) is 1. The van der Waals surface area contributed by atoms with Gasteiger partial charge in [0, 0.05) is 0 Å². The van der Waals surface area contributed by atoms with Crippen molar-refractivity contribution in [2.75, 3.05) is 6.61 Å². The maximum absolute atomic E-state index is 13.6. The highest BCUT2D eigenvalue weighted by Crippen LogP contribution is 2.34. The predicted molar refractivity (Wildman–Crippen MR) is 131 cm³/mol. The second-order valence-corrected chi connectivity index (χ2v) is 9.28. The van der Waals surface area contributed by atoms with E-state index in [1.165, 1.54) is 12.1 Å². The molecule has 4 rings (SSSR count). The van der Waals surface area contributed by atoms with Crippen LogP contribution < -0.4 is 16.0 Å². The first-order valence-electron chi connectivity index (χ1n) is 12.1. The van der Waals surface area contributed by atoms with Gasteiger partial charge in [-0.1, -0.05) is 29.8 Å². The molecule has 0 saturated heterocycles. The summed E-state index contributed by atoms with van der Waals surface area (Å²) < 4.78 is 45.4. The van der Waals surface area contributed by atoms with E-state index < -0.39 is 23.7 Å². The fraction of sp³-hybridized carbons (Fsp3) is 0.370. The van der Waals surface area contributed by atoms with Crippen molar-refractivity contribution in [3.05, 3.63) is 81.5 Å².